The van der Waals surface area contributed by atoms with Crippen molar-refractivity contribution >= 4 is 15.7 Å². The largest absolute Gasteiger partial charge is 0.329 e. The van der Waals surface area contributed by atoms with Gasteiger partial charge >= 0.3 is 0 Å². The minimum Gasteiger partial charge on any atom is -0.329 e. The van der Waals surface area contributed by atoms with Crippen molar-refractivity contribution in [3.8, 4) is 0 Å². The topological polar surface area (TPSA) is 115 Å². The van der Waals surface area contributed by atoms with Gasteiger partial charge in [-0.15, -0.1) is 0 Å². The molecule has 0 fully saturated rings. The van der Waals surface area contributed by atoms with Crippen LogP contribution in [0.4, 0.5) is 5.69 Å². The number of hydrogen-bond acceptors (Lipinski definition) is 5. The molecule has 0 amide bonds. The fourth-order valence-electron chi connectivity index (χ4n) is 1.61. The van der Waals surface area contributed by atoms with Gasteiger partial charge in [0, 0.05) is 24.7 Å². The molecular weight excluding hydrogens is 270 g/mol. The van der Waals surface area contributed by atoms with Gasteiger partial charge < -0.3 is 5.73 Å². The summed E-state index contributed by atoms with van der Waals surface area (Å²) in [6, 6.07) is 4.41. The van der Waals surface area contributed by atoms with Gasteiger partial charge in [-0.2, -0.15) is 0 Å². The Balaban J connectivity index is 2.90. The summed E-state index contributed by atoms with van der Waals surface area (Å²) < 4.78 is 26.5. The summed E-state index contributed by atoms with van der Waals surface area (Å²) in [4.78, 5) is 9.91. The van der Waals surface area contributed by atoms with Crippen LogP contribution < -0.4 is 10.5 Å². The molecule has 7 nitrogen and oxygen atoms in total. The van der Waals surface area contributed by atoms with Crippen molar-refractivity contribution in [1.29, 1.82) is 0 Å². The molecule has 1 aromatic rings. The van der Waals surface area contributed by atoms with Gasteiger partial charge in [0.15, 0.2) is 0 Å². The molecule has 3 N–H and O–H groups in total. The summed E-state index contributed by atoms with van der Waals surface area (Å²) in [5, 5.41) is 10.5. The Morgan fingerprint density at radius 3 is 2.37 bits per heavy atom. The van der Waals surface area contributed by atoms with Crippen molar-refractivity contribution in [2.24, 2.45) is 5.73 Å². The SMILES string of the molecule is CCCC(CN)NS(=O)(=O)c1ccc([N+](=O)[O-])cc1. The smallest absolute Gasteiger partial charge is 0.269 e. The fraction of sp³-hybridized carbons (Fsp3) is 0.455. The van der Waals surface area contributed by atoms with Crippen LogP contribution in [0.1, 0.15) is 19.8 Å². The first-order chi connectivity index (χ1) is 8.90. The minimum atomic E-state index is -3.69. The van der Waals surface area contributed by atoms with E-state index in [1.807, 2.05) is 6.92 Å². The molecule has 0 radical (unpaired) electrons. The average Bonchev–Trinajstić information content (AvgIpc) is 2.38. The van der Waals surface area contributed by atoms with Gasteiger partial charge in [-0.3, -0.25) is 10.1 Å². The Morgan fingerprint density at radius 2 is 1.95 bits per heavy atom. The first-order valence-electron chi connectivity index (χ1n) is 5.87. The van der Waals surface area contributed by atoms with Crippen LogP contribution in [0.5, 0.6) is 0 Å². The zero-order valence-corrected chi connectivity index (χ0v) is 11.4. The highest BCUT2D eigenvalue weighted by Gasteiger charge is 2.19. The van der Waals surface area contributed by atoms with Gasteiger partial charge in [0.25, 0.3) is 5.69 Å². The molecule has 106 valence electrons. The van der Waals surface area contributed by atoms with E-state index in [-0.39, 0.29) is 23.2 Å². The average molecular weight is 287 g/mol. The van der Waals surface area contributed by atoms with Crippen LogP contribution in [0.15, 0.2) is 29.2 Å². The molecule has 19 heavy (non-hydrogen) atoms. The molecule has 0 spiro atoms. The van der Waals surface area contributed by atoms with Crippen LogP contribution in [0.3, 0.4) is 0 Å². The van der Waals surface area contributed by atoms with E-state index in [1.165, 1.54) is 12.1 Å². The van der Waals surface area contributed by atoms with Gasteiger partial charge in [-0.05, 0) is 18.6 Å². The van der Waals surface area contributed by atoms with Gasteiger partial charge in [-0.25, -0.2) is 13.1 Å². The fourth-order valence-corrected chi connectivity index (χ4v) is 2.89. The predicted molar refractivity (Wildman–Crippen MR) is 71.2 cm³/mol. The third-order valence-corrected chi connectivity index (χ3v) is 4.14. The molecule has 1 rings (SSSR count). The number of nitro groups is 1. The molecule has 0 aliphatic heterocycles. The number of nitrogens with one attached hydrogen (secondary N) is 1. The van der Waals surface area contributed by atoms with Crippen LogP contribution >= 0.6 is 0 Å². The third kappa shape index (κ3) is 4.27. The molecular formula is C11H17N3O4S. The van der Waals surface area contributed by atoms with Crippen molar-refractivity contribution < 1.29 is 13.3 Å². The number of nitrogens with zero attached hydrogens (tertiary/aromatic N) is 1. The van der Waals surface area contributed by atoms with Crippen molar-refractivity contribution in [3.05, 3.63) is 34.4 Å². The lowest BCUT2D eigenvalue weighted by Crippen LogP contribution is -2.39. The molecule has 0 heterocycles. The van der Waals surface area contributed by atoms with E-state index in [2.05, 4.69) is 4.72 Å². The van der Waals surface area contributed by atoms with Gasteiger partial charge in [0.2, 0.25) is 10.0 Å². The maximum atomic E-state index is 12.0. The van der Waals surface area contributed by atoms with Crippen LogP contribution in [-0.4, -0.2) is 25.9 Å². The van der Waals surface area contributed by atoms with Gasteiger partial charge in [-0.1, -0.05) is 13.3 Å². The van der Waals surface area contributed by atoms with Crippen LogP contribution in [0.2, 0.25) is 0 Å². The van der Waals surface area contributed by atoms with Crippen LogP contribution in [0, 0.1) is 10.1 Å². The highest BCUT2D eigenvalue weighted by atomic mass is 32.2. The summed E-state index contributed by atoms with van der Waals surface area (Å²) in [7, 11) is -3.69. The van der Waals surface area contributed by atoms with Crippen molar-refractivity contribution in [3.63, 3.8) is 0 Å². The number of benzene rings is 1. The van der Waals surface area contributed by atoms with Crippen LogP contribution in [0.25, 0.3) is 0 Å². The third-order valence-electron chi connectivity index (χ3n) is 2.60. The Bertz CT molecular complexity index is 527. The molecule has 0 bridgehead atoms. The van der Waals surface area contributed by atoms with E-state index < -0.39 is 14.9 Å². The molecule has 8 heteroatoms. The number of nitrogens with two attached hydrogens (primary N) is 1. The van der Waals surface area contributed by atoms with E-state index >= 15 is 0 Å². The zero-order chi connectivity index (χ0) is 14.5. The highest BCUT2D eigenvalue weighted by Crippen LogP contribution is 2.16. The summed E-state index contributed by atoms with van der Waals surface area (Å²) in [6.45, 7) is 2.14. The molecule has 0 aliphatic carbocycles. The molecule has 1 unspecified atom stereocenters. The Hall–Kier alpha value is -1.51. The second-order valence-corrected chi connectivity index (χ2v) is 5.81. The summed E-state index contributed by atoms with van der Waals surface area (Å²) in [5.74, 6) is 0. The molecule has 0 aromatic heterocycles. The summed E-state index contributed by atoms with van der Waals surface area (Å²) >= 11 is 0. The van der Waals surface area contributed by atoms with Crippen molar-refractivity contribution in [1.82, 2.24) is 4.72 Å². The summed E-state index contributed by atoms with van der Waals surface area (Å²) in [6.07, 6.45) is 1.45. The maximum absolute atomic E-state index is 12.0. The minimum absolute atomic E-state index is 0.00680. The second kappa shape index (κ2) is 6.60. The predicted octanol–water partition coefficient (Wildman–Crippen LogP) is 1.00. The van der Waals surface area contributed by atoms with E-state index in [4.69, 9.17) is 5.73 Å². The van der Waals surface area contributed by atoms with Crippen LogP contribution in [-0.2, 0) is 10.0 Å². The number of rotatable bonds is 7. The maximum Gasteiger partial charge on any atom is 0.269 e. The number of sulfonamides is 1. The first kappa shape index (κ1) is 15.5. The monoisotopic (exact) mass is 287 g/mol. The van der Waals surface area contributed by atoms with Crippen molar-refractivity contribution in [2.45, 2.75) is 30.7 Å². The highest BCUT2D eigenvalue weighted by molar-refractivity contribution is 7.89. The first-order valence-corrected chi connectivity index (χ1v) is 7.36. The van der Waals surface area contributed by atoms with E-state index in [9.17, 15) is 18.5 Å². The summed E-state index contributed by atoms with van der Waals surface area (Å²) in [5.41, 5.74) is 5.34. The van der Waals surface area contributed by atoms with E-state index in [0.29, 0.717) is 6.42 Å². The van der Waals surface area contributed by atoms with E-state index in [1.54, 1.807) is 0 Å². The lowest BCUT2D eigenvalue weighted by molar-refractivity contribution is -0.384. The number of nitro benzene ring substituents is 1. The van der Waals surface area contributed by atoms with E-state index in [0.717, 1.165) is 18.6 Å². The van der Waals surface area contributed by atoms with Crippen molar-refractivity contribution in [2.75, 3.05) is 6.54 Å². The Labute approximate surface area is 112 Å². The standard InChI is InChI=1S/C11H17N3O4S/c1-2-3-9(8-12)13-19(17,18)11-6-4-10(5-7-11)14(15)16/h4-7,9,13H,2-3,8,12H2,1H3. The molecule has 0 saturated heterocycles. The zero-order valence-electron chi connectivity index (χ0n) is 10.6. The Morgan fingerprint density at radius 1 is 1.37 bits per heavy atom. The van der Waals surface area contributed by atoms with Gasteiger partial charge in [0.1, 0.15) is 0 Å². The molecule has 0 aliphatic rings. The number of non-ortho nitro benzene ring substituents is 1. The lowest BCUT2D eigenvalue weighted by Gasteiger charge is -2.15. The molecule has 1 atom stereocenters. The normalized spacial score (nSPS) is 13.2. The Kier molecular flexibility index (Phi) is 5.40. The molecule has 1 aromatic carbocycles. The second-order valence-electron chi connectivity index (χ2n) is 4.09. The lowest BCUT2D eigenvalue weighted by atomic mass is 10.2. The quantitative estimate of drug-likeness (QED) is 0.573. The number of hydrogen-bond donors (Lipinski definition) is 2. The van der Waals surface area contributed by atoms with Gasteiger partial charge in [0.05, 0.1) is 9.82 Å². The molecule has 0 saturated carbocycles.